The third-order valence-electron chi connectivity index (χ3n) is 4.10. The first-order valence-electron chi connectivity index (χ1n) is 8.78. The molecule has 0 bridgehead atoms. The van der Waals surface area contributed by atoms with Crippen LogP contribution in [-0.4, -0.2) is 10.9 Å². The number of halogens is 5. The van der Waals surface area contributed by atoms with Crippen LogP contribution in [0.2, 0.25) is 10.0 Å². The second kappa shape index (κ2) is 9.46. The highest BCUT2D eigenvalue weighted by Crippen LogP contribution is 2.35. The summed E-state index contributed by atoms with van der Waals surface area (Å²) < 4.78 is 48.4. The van der Waals surface area contributed by atoms with Crippen LogP contribution >= 0.6 is 23.2 Å². The van der Waals surface area contributed by atoms with E-state index >= 15 is 0 Å². The van der Waals surface area contributed by atoms with Crippen molar-refractivity contribution in [3.8, 4) is 11.5 Å². The monoisotopic (exact) mass is 485 g/mol. The molecule has 0 radical (unpaired) electrons. The van der Waals surface area contributed by atoms with E-state index < -0.39 is 28.3 Å². The van der Waals surface area contributed by atoms with Crippen molar-refractivity contribution in [3.63, 3.8) is 0 Å². The Hall–Kier alpha value is -3.30. The largest absolute Gasteiger partial charge is 0.457 e. The number of nitro benzene ring substituents is 1. The maximum absolute atomic E-state index is 12.6. The van der Waals surface area contributed by atoms with Gasteiger partial charge in [0.15, 0.2) is 0 Å². The van der Waals surface area contributed by atoms with Gasteiger partial charge in [-0.15, -0.1) is 0 Å². The summed E-state index contributed by atoms with van der Waals surface area (Å²) >= 11 is 11.8. The zero-order valence-electron chi connectivity index (χ0n) is 15.9. The average molecular weight is 486 g/mol. The Balaban J connectivity index is 1.72. The molecular formula is C21H12Cl2F3NO5. The molecule has 0 unspecified atom stereocenters. The zero-order chi connectivity index (χ0) is 23.5. The molecule has 0 saturated carbocycles. The van der Waals surface area contributed by atoms with Gasteiger partial charge in [0, 0.05) is 16.1 Å². The summed E-state index contributed by atoms with van der Waals surface area (Å²) in [5.74, 6) is -0.784. The number of nitrogens with zero attached hydrogens (tertiary/aromatic N) is 1. The number of nitro groups is 1. The maximum Gasteiger partial charge on any atom is 0.416 e. The van der Waals surface area contributed by atoms with Crippen LogP contribution in [0.5, 0.6) is 11.5 Å². The standard InChI is InChI=1S/C21H12Cl2F3NO5/c22-15-8-16(23)10-17(9-15)32-19-6-1-12(7-18(19)27(29)30)11-31-20(28)13-2-4-14(5-3-13)21(24,25)26/h1-10H,11H2. The Morgan fingerprint density at radius 3 is 2.16 bits per heavy atom. The normalized spacial score (nSPS) is 11.2. The number of ether oxygens (including phenoxy) is 2. The van der Waals surface area contributed by atoms with Crippen LogP contribution in [0.25, 0.3) is 0 Å². The van der Waals surface area contributed by atoms with Gasteiger partial charge in [-0.3, -0.25) is 10.1 Å². The quantitative estimate of drug-likeness (QED) is 0.212. The summed E-state index contributed by atoms with van der Waals surface area (Å²) in [6.45, 7) is -0.343. The van der Waals surface area contributed by atoms with Crippen LogP contribution in [0.1, 0.15) is 21.5 Å². The summed E-state index contributed by atoms with van der Waals surface area (Å²) in [7, 11) is 0. The molecule has 0 N–H and O–H groups in total. The van der Waals surface area contributed by atoms with E-state index in [4.69, 9.17) is 32.7 Å². The molecule has 166 valence electrons. The van der Waals surface area contributed by atoms with Gasteiger partial charge >= 0.3 is 17.8 Å². The van der Waals surface area contributed by atoms with Crippen molar-refractivity contribution < 1.29 is 32.4 Å². The van der Waals surface area contributed by atoms with Crippen LogP contribution < -0.4 is 4.74 Å². The SMILES string of the molecule is O=C(OCc1ccc(Oc2cc(Cl)cc(Cl)c2)c([N+](=O)[O-])c1)c1ccc(C(F)(F)F)cc1. The Labute approximate surface area is 189 Å². The lowest BCUT2D eigenvalue weighted by molar-refractivity contribution is -0.385. The number of rotatable bonds is 6. The summed E-state index contributed by atoms with van der Waals surface area (Å²) in [4.78, 5) is 22.8. The average Bonchev–Trinajstić information content (AvgIpc) is 2.71. The first kappa shape index (κ1) is 23.4. The molecular weight excluding hydrogens is 474 g/mol. The third-order valence-corrected chi connectivity index (χ3v) is 4.54. The van der Waals surface area contributed by atoms with Gasteiger partial charge in [0.05, 0.1) is 16.1 Å². The van der Waals surface area contributed by atoms with Crippen molar-refractivity contribution >= 4 is 34.9 Å². The molecule has 0 atom stereocenters. The third kappa shape index (κ3) is 5.89. The van der Waals surface area contributed by atoms with Gasteiger partial charge in [0.1, 0.15) is 12.4 Å². The van der Waals surface area contributed by atoms with E-state index in [1.165, 1.54) is 30.3 Å². The van der Waals surface area contributed by atoms with Gasteiger partial charge < -0.3 is 9.47 Å². The van der Waals surface area contributed by atoms with Crippen LogP contribution in [0.3, 0.4) is 0 Å². The molecule has 3 aromatic carbocycles. The van der Waals surface area contributed by atoms with E-state index in [1.807, 2.05) is 0 Å². The van der Waals surface area contributed by atoms with Gasteiger partial charge in [-0.25, -0.2) is 4.79 Å². The van der Waals surface area contributed by atoms with Crippen LogP contribution in [0.15, 0.2) is 60.7 Å². The first-order valence-corrected chi connectivity index (χ1v) is 9.54. The van der Waals surface area contributed by atoms with Crippen molar-refractivity contribution in [1.29, 1.82) is 0 Å². The van der Waals surface area contributed by atoms with Crippen LogP contribution in [0.4, 0.5) is 18.9 Å². The van der Waals surface area contributed by atoms with E-state index in [2.05, 4.69) is 0 Å². The number of esters is 1. The van der Waals surface area contributed by atoms with Crippen LogP contribution in [-0.2, 0) is 17.5 Å². The lowest BCUT2D eigenvalue weighted by Gasteiger charge is -2.10. The fourth-order valence-electron chi connectivity index (χ4n) is 2.62. The number of carbonyl (C=O) groups excluding carboxylic acids is 1. The molecule has 32 heavy (non-hydrogen) atoms. The lowest BCUT2D eigenvalue weighted by atomic mass is 10.1. The Morgan fingerprint density at radius 1 is 0.969 bits per heavy atom. The van der Waals surface area contributed by atoms with Gasteiger partial charge in [-0.2, -0.15) is 13.2 Å². The maximum atomic E-state index is 12.6. The molecule has 6 nitrogen and oxygen atoms in total. The van der Waals surface area contributed by atoms with E-state index in [-0.39, 0.29) is 39.3 Å². The minimum absolute atomic E-state index is 0.0915. The summed E-state index contributed by atoms with van der Waals surface area (Å²) in [5.41, 5.74) is -1.12. The molecule has 0 saturated heterocycles. The second-order valence-electron chi connectivity index (χ2n) is 6.42. The molecule has 0 aliphatic heterocycles. The lowest BCUT2D eigenvalue weighted by Crippen LogP contribution is -2.08. The molecule has 3 aromatic rings. The number of alkyl halides is 3. The van der Waals surface area contributed by atoms with E-state index in [0.29, 0.717) is 0 Å². The number of benzene rings is 3. The smallest absolute Gasteiger partial charge is 0.416 e. The fourth-order valence-corrected chi connectivity index (χ4v) is 3.13. The van der Waals surface area contributed by atoms with Crippen molar-refractivity contribution in [2.24, 2.45) is 0 Å². The number of hydrogen-bond donors (Lipinski definition) is 0. The minimum atomic E-state index is -4.53. The van der Waals surface area contributed by atoms with Crippen molar-refractivity contribution in [2.75, 3.05) is 0 Å². The number of carbonyl (C=O) groups is 1. The molecule has 0 amide bonds. The second-order valence-corrected chi connectivity index (χ2v) is 7.29. The van der Waals surface area contributed by atoms with Crippen molar-refractivity contribution in [3.05, 3.63) is 97.5 Å². The zero-order valence-corrected chi connectivity index (χ0v) is 17.4. The summed E-state index contributed by atoms with van der Waals surface area (Å²) in [6, 6.07) is 11.7. The molecule has 0 spiro atoms. The summed E-state index contributed by atoms with van der Waals surface area (Å²) in [5, 5.41) is 12.0. The predicted octanol–water partition coefficient (Wildman–Crippen LogP) is 7.07. The highest BCUT2D eigenvalue weighted by Gasteiger charge is 2.30. The molecule has 0 aliphatic rings. The van der Waals surface area contributed by atoms with Gasteiger partial charge in [0.2, 0.25) is 5.75 Å². The van der Waals surface area contributed by atoms with Gasteiger partial charge in [0.25, 0.3) is 0 Å². The topological polar surface area (TPSA) is 78.7 Å². The van der Waals surface area contributed by atoms with Gasteiger partial charge in [-0.1, -0.05) is 29.3 Å². The molecule has 0 aromatic heterocycles. The Bertz CT molecular complexity index is 1150. The number of hydrogen-bond acceptors (Lipinski definition) is 5. The van der Waals surface area contributed by atoms with E-state index in [0.717, 1.165) is 30.3 Å². The molecule has 0 fully saturated rings. The fraction of sp³-hybridized carbons (Fsp3) is 0.0952. The highest BCUT2D eigenvalue weighted by atomic mass is 35.5. The predicted molar refractivity (Wildman–Crippen MR) is 110 cm³/mol. The molecule has 11 heteroatoms. The first-order chi connectivity index (χ1) is 15.0. The van der Waals surface area contributed by atoms with Crippen LogP contribution in [0, 0.1) is 10.1 Å². The highest BCUT2D eigenvalue weighted by molar-refractivity contribution is 6.34. The molecule has 0 aliphatic carbocycles. The van der Waals surface area contributed by atoms with E-state index in [1.54, 1.807) is 0 Å². The van der Waals surface area contributed by atoms with Gasteiger partial charge in [-0.05, 0) is 54.1 Å². The molecule has 0 heterocycles. The van der Waals surface area contributed by atoms with E-state index in [9.17, 15) is 28.1 Å². The Kier molecular flexibility index (Phi) is 6.90. The molecule has 3 rings (SSSR count). The van der Waals surface area contributed by atoms with Crippen molar-refractivity contribution in [1.82, 2.24) is 0 Å². The summed E-state index contributed by atoms with van der Waals surface area (Å²) in [6.07, 6.45) is -4.53. The Morgan fingerprint density at radius 2 is 1.59 bits per heavy atom. The van der Waals surface area contributed by atoms with Crippen molar-refractivity contribution in [2.45, 2.75) is 12.8 Å². The minimum Gasteiger partial charge on any atom is -0.457 e.